The minimum Gasteiger partial charge on any atom is -0.468 e. The molecule has 5 heteroatoms. The van der Waals surface area contributed by atoms with Crippen molar-refractivity contribution >= 4 is 5.91 Å². The molecule has 0 saturated heterocycles. The van der Waals surface area contributed by atoms with Gasteiger partial charge in [0.1, 0.15) is 5.76 Å². The van der Waals surface area contributed by atoms with Crippen molar-refractivity contribution in [1.82, 2.24) is 15.5 Å². The van der Waals surface area contributed by atoms with E-state index in [-0.39, 0.29) is 18.0 Å². The highest BCUT2D eigenvalue weighted by molar-refractivity contribution is 5.81. The van der Waals surface area contributed by atoms with Crippen LogP contribution in [0.3, 0.4) is 0 Å². The number of carbonyl (C=O) groups is 1. The number of nitrogens with one attached hydrogen (secondary N) is 2. The first-order valence-electron chi connectivity index (χ1n) is 8.79. The summed E-state index contributed by atoms with van der Waals surface area (Å²) in [6.07, 6.45) is 8.16. The third kappa shape index (κ3) is 5.66. The maximum absolute atomic E-state index is 12.2. The van der Waals surface area contributed by atoms with Crippen LogP contribution in [-0.2, 0) is 4.79 Å². The summed E-state index contributed by atoms with van der Waals surface area (Å²) in [4.78, 5) is 14.3. The summed E-state index contributed by atoms with van der Waals surface area (Å²) in [7, 11) is 4.03. The van der Waals surface area contributed by atoms with Gasteiger partial charge in [0, 0.05) is 13.1 Å². The lowest BCUT2D eigenvalue weighted by molar-refractivity contribution is -0.123. The summed E-state index contributed by atoms with van der Waals surface area (Å²) in [5.41, 5.74) is 0. The molecule has 0 spiro atoms. The maximum atomic E-state index is 12.2. The first-order valence-corrected chi connectivity index (χ1v) is 8.79. The average Bonchev–Trinajstić information content (AvgIpc) is 3.07. The first-order chi connectivity index (χ1) is 11.1. The van der Waals surface area contributed by atoms with Crippen molar-refractivity contribution in [3.05, 3.63) is 24.2 Å². The van der Waals surface area contributed by atoms with Gasteiger partial charge in [-0.1, -0.05) is 19.3 Å². The summed E-state index contributed by atoms with van der Waals surface area (Å²) in [6.45, 7) is 3.42. The van der Waals surface area contributed by atoms with Gasteiger partial charge in [-0.2, -0.15) is 0 Å². The number of hydrogen-bond donors (Lipinski definition) is 2. The Labute approximate surface area is 139 Å². The van der Waals surface area contributed by atoms with E-state index in [1.54, 1.807) is 6.26 Å². The highest BCUT2D eigenvalue weighted by Gasteiger charge is 2.21. The van der Waals surface area contributed by atoms with E-state index in [4.69, 9.17) is 4.42 Å². The number of nitrogens with zero attached hydrogens (tertiary/aromatic N) is 1. The van der Waals surface area contributed by atoms with Crippen molar-refractivity contribution < 1.29 is 9.21 Å². The Morgan fingerprint density at radius 1 is 1.35 bits per heavy atom. The monoisotopic (exact) mass is 321 g/mol. The standard InChI is InChI=1S/C18H31N3O2/c1-14(18(22)20-12-15-8-5-4-6-9-15)19-13-16(21(2)3)17-10-7-11-23-17/h7,10-11,14-16,19H,4-6,8-9,12-13H2,1-3H3,(H,20,22)/t14-,16+/m0/s1. The highest BCUT2D eigenvalue weighted by Crippen LogP contribution is 2.22. The molecule has 1 amide bonds. The van der Waals surface area contributed by atoms with Crippen LogP contribution in [0.1, 0.15) is 50.8 Å². The Morgan fingerprint density at radius 3 is 2.70 bits per heavy atom. The van der Waals surface area contributed by atoms with Gasteiger partial charge < -0.3 is 15.1 Å². The number of rotatable bonds is 8. The predicted molar refractivity (Wildman–Crippen MR) is 92.2 cm³/mol. The SMILES string of the molecule is C[C@H](NC[C@H](c1ccco1)N(C)C)C(=O)NCC1CCCCC1. The molecule has 0 aliphatic heterocycles. The Kier molecular flexibility index (Phi) is 7.12. The molecule has 2 atom stereocenters. The number of carbonyl (C=O) groups excluding carboxylic acids is 1. The van der Waals surface area contributed by atoms with Crippen LogP contribution in [0, 0.1) is 5.92 Å². The molecule has 23 heavy (non-hydrogen) atoms. The Hall–Kier alpha value is -1.33. The lowest BCUT2D eigenvalue weighted by atomic mass is 9.89. The predicted octanol–water partition coefficient (Wildman–Crippen LogP) is 2.56. The Balaban J connectivity index is 1.74. The molecule has 1 aliphatic rings. The zero-order valence-electron chi connectivity index (χ0n) is 14.7. The molecule has 1 heterocycles. The summed E-state index contributed by atoms with van der Waals surface area (Å²) in [6, 6.07) is 3.79. The minimum absolute atomic E-state index is 0.0903. The zero-order chi connectivity index (χ0) is 16.7. The van der Waals surface area contributed by atoms with Gasteiger partial charge in [-0.15, -0.1) is 0 Å². The van der Waals surface area contributed by atoms with E-state index in [0.717, 1.165) is 12.3 Å². The second-order valence-corrected chi connectivity index (χ2v) is 6.87. The third-order valence-corrected chi connectivity index (χ3v) is 4.80. The molecule has 0 aromatic carbocycles. The van der Waals surface area contributed by atoms with E-state index < -0.39 is 0 Å². The second-order valence-electron chi connectivity index (χ2n) is 6.87. The summed E-state index contributed by atoms with van der Waals surface area (Å²) >= 11 is 0. The lowest BCUT2D eigenvalue weighted by Gasteiger charge is -2.25. The average molecular weight is 321 g/mol. The fourth-order valence-corrected chi connectivity index (χ4v) is 3.19. The van der Waals surface area contributed by atoms with Crippen LogP contribution in [0.2, 0.25) is 0 Å². The summed E-state index contributed by atoms with van der Waals surface area (Å²) in [5.74, 6) is 1.67. The van der Waals surface area contributed by atoms with Gasteiger partial charge >= 0.3 is 0 Å². The van der Waals surface area contributed by atoms with Crippen molar-refractivity contribution in [2.24, 2.45) is 5.92 Å². The Bertz CT molecular complexity index is 453. The molecule has 1 aromatic heterocycles. The van der Waals surface area contributed by atoms with Crippen LogP contribution in [0.4, 0.5) is 0 Å². The number of amides is 1. The van der Waals surface area contributed by atoms with Gasteiger partial charge in [0.2, 0.25) is 5.91 Å². The van der Waals surface area contributed by atoms with Gasteiger partial charge in [0.05, 0.1) is 18.3 Å². The van der Waals surface area contributed by atoms with Gasteiger partial charge in [-0.3, -0.25) is 9.69 Å². The second kappa shape index (κ2) is 9.08. The molecule has 0 radical (unpaired) electrons. The molecular formula is C18H31N3O2. The van der Waals surface area contributed by atoms with Crippen molar-refractivity contribution in [1.29, 1.82) is 0 Å². The topological polar surface area (TPSA) is 57.5 Å². The third-order valence-electron chi connectivity index (χ3n) is 4.80. The molecule has 130 valence electrons. The molecule has 5 nitrogen and oxygen atoms in total. The number of likely N-dealkylation sites (N-methyl/N-ethyl adjacent to an activating group) is 1. The van der Waals surface area contributed by atoms with E-state index >= 15 is 0 Å². The Morgan fingerprint density at radius 2 is 2.09 bits per heavy atom. The zero-order valence-corrected chi connectivity index (χ0v) is 14.7. The molecule has 1 fully saturated rings. The molecule has 0 bridgehead atoms. The fraction of sp³-hybridized carbons (Fsp3) is 0.722. The summed E-state index contributed by atoms with van der Waals surface area (Å²) in [5, 5.41) is 6.43. The fourth-order valence-electron chi connectivity index (χ4n) is 3.19. The van der Waals surface area contributed by atoms with Crippen LogP contribution in [0.15, 0.2) is 22.8 Å². The van der Waals surface area contributed by atoms with Crippen molar-refractivity contribution in [2.45, 2.75) is 51.1 Å². The van der Waals surface area contributed by atoms with Gasteiger partial charge in [-0.05, 0) is 51.9 Å². The van der Waals surface area contributed by atoms with E-state index in [0.29, 0.717) is 12.5 Å². The normalized spacial score (nSPS) is 18.8. The van der Waals surface area contributed by atoms with Crippen LogP contribution < -0.4 is 10.6 Å². The smallest absolute Gasteiger partial charge is 0.236 e. The van der Waals surface area contributed by atoms with Crippen LogP contribution in [-0.4, -0.2) is 44.0 Å². The lowest BCUT2D eigenvalue weighted by Crippen LogP contribution is -2.46. The molecule has 2 rings (SSSR count). The van der Waals surface area contributed by atoms with Crippen LogP contribution >= 0.6 is 0 Å². The molecular weight excluding hydrogens is 290 g/mol. The first kappa shape index (κ1) is 18.0. The number of hydrogen-bond acceptors (Lipinski definition) is 4. The number of furan rings is 1. The molecule has 0 unspecified atom stereocenters. The maximum Gasteiger partial charge on any atom is 0.236 e. The van der Waals surface area contributed by atoms with Gasteiger partial charge in [0.15, 0.2) is 0 Å². The van der Waals surface area contributed by atoms with Gasteiger partial charge in [0.25, 0.3) is 0 Å². The molecule has 1 aromatic rings. The quantitative estimate of drug-likeness (QED) is 0.772. The molecule has 1 saturated carbocycles. The van der Waals surface area contributed by atoms with Gasteiger partial charge in [-0.25, -0.2) is 0 Å². The summed E-state index contributed by atoms with van der Waals surface area (Å²) < 4.78 is 5.49. The van der Waals surface area contributed by atoms with Crippen LogP contribution in [0.25, 0.3) is 0 Å². The van der Waals surface area contributed by atoms with E-state index in [9.17, 15) is 4.79 Å². The van der Waals surface area contributed by atoms with E-state index in [1.807, 2.05) is 33.2 Å². The highest BCUT2D eigenvalue weighted by atomic mass is 16.3. The van der Waals surface area contributed by atoms with Crippen molar-refractivity contribution in [2.75, 3.05) is 27.2 Å². The van der Waals surface area contributed by atoms with E-state index in [2.05, 4.69) is 15.5 Å². The van der Waals surface area contributed by atoms with Crippen molar-refractivity contribution in [3.8, 4) is 0 Å². The van der Waals surface area contributed by atoms with Crippen LogP contribution in [0.5, 0.6) is 0 Å². The largest absolute Gasteiger partial charge is 0.468 e. The molecule has 1 aliphatic carbocycles. The minimum atomic E-state index is -0.198. The molecule has 2 N–H and O–H groups in total. The van der Waals surface area contributed by atoms with Crippen molar-refractivity contribution in [3.63, 3.8) is 0 Å². The van der Waals surface area contributed by atoms with E-state index in [1.165, 1.54) is 32.1 Å².